The van der Waals surface area contributed by atoms with E-state index in [4.69, 9.17) is 0 Å². The Hall–Kier alpha value is -1.56. The maximum Gasteiger partial charge on any atom is 0.123 e. The minimum atomic E-state index is -0.169. The molecule has 0 saturated heterocycles. The Kier molecular flexibility index (Phi) is 5.25. The summed E-state index contributed by atoms with van der Waals surface area (Å²) >= 11 is 3.75. The number of aromatic amines is 1. The molecule has 25 heavy (non-hydrogen) atoms. The van der Waals surface area contributed by atoms with E-state index in [0.29, 0.717) is 6.04 Å². The molecule has 0 radical (unpaired) electrons. The van der Waals surface area contributed by atoms with E-state index in [0.717, 1.165) is 41.8 Å². The SMILES string of the molecule is Fc1ccc2[nH]cc(CSCCC3CC(c4cccs4)=CCN3)c2c1. The molecule has 0 saturated carbocycles. The van der Waals surface area contributed by atoms with Gasteiger partial charge in [-0.15, -0.1) is 11.3 Å². The molecular weight excluding hydrogens is 351 g/mol. The second-order valence-electron chi connectivity index (χ2n) is 6.36. The van der Waals surface area contributed by atoms with Gasteiger partial charge >= 0.3 is 0 Å². The first-order chi connectivity index (χ1) is 12.3. The average molecular weight is 373 g/mol. The molecule has 1 aliphatic rings. The summed E-state index contributed by atoms with van der Waals surface area (Å²) in [7, 11) is 0. The van der Waals surface area contributed by atoms with Gasteiger partial charge in [0.05, 0.1) is 0 Å². The molecule has 1 atom stereocenters. The zero-order valence-electron chi connectivity index (χ0n) is 13.9. The van der Waals surface area contributed by atoms with E-state index < -0.39 is 0 Å². The van der Waals surface area contributed by atoms with Gasteiger partial charge in [0.15, 0.2) is 0 Å². The summed E-state index contributed by atoms with van der Waals surface area (Å²) in [5, 5.41) is 6.75. The molecule has 2 nitrogen and oxygen atoms in total. The largest absolute Gasteiger partial charge is 0.361 e. The number of H-pyrrole nitrogens is 1. The molecule has 0 aliphatic carbocycles. The lowest BCUT2D eigenvalue weighted by atomic mass is 9.99. The molecule has 3 aromatic rings. The van der Waals surface area contributed by atoms with E-state index in [9.17, 15) is 4.39 Å². The van der Waals surface area contributed by atoms with Gasteiger partial charge in [-0.3, -0.25) is 0 Å². The number of aromatic nitrogens is 1. The molecule has 0 bridgehead atoms. The highest BCUT2D eigenvalue weighted by molar-refractivity contribution is 7.98. The summed E-state index contributed by atoms with van der Waals surface area (Å²) in [6.07, 6.45) is 6.59. The fourth-order valence-corrected chi connectivity index (χ4v) is 5.15. The van der Waals surface area contributed by atoms with Crippen molar-refractivity contribution in [3.63, 3.8) is 0 Å². The van der Waals surface area contributed by atoms with Crippen LogP contribution in [0.5, 0.6) is 0 Å². The summed E-state index contributed by atoms with van der Waals surface area (Å²) in [6.45, 7) is 0.963. The maximum absolute atomic E-state index is 13.4. The van der Waals surface area contributed by atoms with Gasteiger partial charge in [0, 0.05) is 40.3 Å². The molecule has 1 aliphatic heterocycles. The zero-order valence-corrected chi connectivity index (χ0v) is 15.6. The molecule has 0 fully saturated rings. The molecule has 0 amide bonds. The number of thioether (sulfide) groups is 1. The van der Waals surface area contributed by atoms with Gasteiger partial charge in [-0.1, -0.05) is 12.1 Å². The van der Waals surface area contributed by atoms with Crippen LogP contribution in [0.3, 0.4) is 0 Å². The first-order valence-corrected chi connectivity index (χ1v) is 10.6. The van der Waals surface area contributed by atoms with Crippen molar-refractivity contribution in [2.45, 2.75) is 24.6 Å². The van der Waals surface area contributed by atoms with Crippen LogP contribution in [-0.4, -0.2) is 23.3 Å². The Morgan fingerprint density at radius 1 is 1.28 bits per heavy atom. The monoisotopic (exact) mass is 372 g/mol. The van der Waals surface area contributed by atoms with Crippen molar-refractivity contribution in [1.29, 1.82) is 0 Å². The molecule has 2 aromatic heterocycles. The smallest absolute Gasteiger partial charge is 0.123 e. The quantitative estimate of drug-likeness (QED) is 0.564. The molecular formula is C20H21FN2S2. The maximum atomic E-state index is 13.4. The third-order valence-electron chi connectivity index (χ3n) is 4.66. The number of benzene rings is 1. The van der Waals surface area contributed by atoms with Crippen LogP contribution in [0.15, 0.2) is 48.0 Å². The molecule has 5 heteroatoms. The lowest BCUT2D eigenvalue weighted by Gasteiger charge is -2.23. The Morgan fingerprint density at radius 3 is 3.12 bits per heavy atom. The fraction of sp³-hybridized carbons (Fsp3) is 0.300. The highest BCUT2D eigenvalue weighted by Crippen LogP contribution is 2.28. The summed E-state index contributed by atoms with van der Waals surface area (Å²) < 4.78 is 13.4. The summed E-state index contributed by atoms with van der Waals surface area (Å²) in [5.41, 5.74) is 3.68. The predicted octanol–water partition coefficient (Wildman–Crippen LogP) is 5.44. The Morgan fingerprint density at radius 2 is 2.24 bits per heavy atom. The summed E-state index contributed by atoms with van der Waals surface area (Å²) in [5.74, 6) is 1.86. The predicted molar refractivity (Wildman–Crippen MR) is 108 cm³/mol. The summed E-state index contributed by atoms with van der Waals surface area (Å²) in [6, 6.07) is 9.83. The van der Waals surface area contributed by atoms with Gasteiger partial charge in [-0.2, -0.15) is 11.8 Å². The van der Waals surface area contributed by atoms with Gasteiger partial charge in [0.25, 0.3) is 0 Å². The molecule has 130 valence electrons. The Balaban J connectivity index is 1.28. The van der Waals surface area contributed by atoms with Crippen molar-refractivity contribution in [2.24, 2.45) is 0 Å². The highest BCUT2D eigenvalue weighted by Gasteiger charge is 2.16. The van der Waals surface area contributed by atoms with E-state index >= 15 is 0 Å². The van der Waals surface area contributed by atoms with Gasteiger partial charge in [-0.05, 0) is 59.4 Å². The van der Waals surface area contributed by atoms with Crippen LogP contribution >= 0.6 is 23.1 Å². The van der Waals surface area contributed by atoms with Crippen molar-refractivity contribution in [2.75, 3.05) is 12.3 Å². The molecule has 3 heterocycles. The van der Waals surface area contributed by atoms with Crippen LogP contribution in [-0.2, 0) is 5.75 Å². The van der Waals surface area contributed by atoms with Gasteiger partial charge in [0.2, 0.25) is 0 Å². The second kappa shape index (κ2) is 7.77. The number of thiophene rings is 1. The molecule has 0 spiro atoms. The van der Waals surface area contributed by atoms with Gasteiger partial charge in [0.1, 0.15) is 5.82 Å². The Bertz CT molecular complexity index is 867. The molecule has 1 aromatic carbocycles. The zero-order chi connectivity index (χ0) is 17.1. The van der Waals surface area contributed by atoms with E-state index in [1.54, 1.807) is 6.07 Å². The standard InChI is InChI=1S/C20H21FN2S2/c21-16-3-4-19-18(11-16)15(12-23-19)13-24-9-6-17-10-14(5-7-22-17)20-2-1-8-25-20/h1-5,8,11-12,17,22-23H,6-7,9-10,13H2. The van der Waals surface area contributed by atoms with E-state index in [1.165, 1.54) is 22.1 Å². The van der Waals surface area contributed by atoms with Crippen LogP contribution in [0.1, 0.15) is 23.3 Å². The second-order valence-corrected chi connectivity index (χ2v) is 8.41. The van der Waals surface area contributed by atoms with Crippen LogP contribution in [0.2, 0.25) is 0 Å². The number of fused-ring (bicyclic) bond motifs is 1. The average Bonchev–Trinajstić information content (AvgIpc) is 3.29. The molecule has 4 rings (SSSR count). The van der Waals surface area contributed by atoms with Crippen LogP contribution in [0, 0.1) is 5.82 Å². The number of rotatable bonds is 6. The summed E-state index contributed by atoms with van der Waals surface area (Å²) in [4.78, 5) is 4.63. The van der Waals surface area contributed by atoms with Crippen LogP contribution in [0.4, 0.5) is 4.39 Å². The van der Waals surface area contributed by atoms with Crippen molar-refractivity contribution in [1.82, 2.24) is 10.3 Å². The first-order valence-electron chi connectivity index (χ1n) is 8.59. The van der Waals surface area contributed by atoms with Crippen molar-refractivity contribution < 1.29 is 4.39 Å². The minimum Gasteiger partial charge on any atom is -0.361 e. The number of hydrogen-bond donors (Lipinski definition) is 2. The topological polar surface area (TPSA) is 27.8 Å². The van der Waals surface area contributed by atoms with Crippen molar-refractivity contribution >= 4 is 39.6 Å². The third kappa shape index (κ3) is 4.00. The van der Waals surface area contributed by atoms with Crippen molar-refractivity contribution in [3.05, 3.63) is 64.2 Å². The lowest BCUT2D eigenvalue weighted by Crippen LogP contribution is -2.33. The van der Waals surface area contributed by atoms with Crippen LogP contribution in [0.25, 0.3) is 16.5 Å². The minimum absolute atomic E-state index is 0.169. The molecule has 2 N–H and O–H groups in total. The Labute approximate surface area is 155 Å². The number of halogens is 1. The third-order valence-corrected chi connectivity index (χ3v) is 6.64. The van der Waals surface area contributed by atoms with E-state index in [1.807, 2.05) is 35.4 Å². The van der Waals surface area contributed by atoms with Gasteiger partial charge in [-0.25, -0.2) is 4.39 Å². The fourth-order valence-electron chi connectivity index (χ4n) is 3.31. The number of hydrogen-bond acceptors (Lipinski definition) is 3. The van der Waals surface area contributed by atoms with E-state index in [2.05, 4.69) is 33.9 Å². The lowest BCUT2D eigenvalue weighted by molar-refractivity contribution is 0.525. The number of nitrogens with one attached hydrogen (secondary N) is 2. The van der Waals surface area contributed by atoms with Crippen LogP contribution < -0.4 is 5.32 Å². The van der Waals surface area contributed by atoms with Gasteiger partial charge < -0.3 is 10.3 Å². The normalized spacial score (nSPS) is 17.8. The van der Waals surface area contributed by atoms with E-state index in [-0.39, 0.29) is 5.82 Å². The van der Waals surface area contributed by atoms with Crippen molar-refractivity contribution in [3.8, 4) is 0 Å². The first kappa shape index (κ1) is 16.9. The highest BCUT2D eigenvalue weighted by atomic mass is 32.2. The molecule has 1 unspecified atom stereocenters.